The largest absolute Gasteiger partial charge is 0.453 e. The maximum absolute atomic E-state index is 13.2. The molecule has 10 nitrogen and oxygen atoms in total. The second-order valence-electron chi connectivity index (χ2n) is 8.67. The summed E-state index contributed by atoms with van der Waals surface area (Å²) in [6.07, 6.45) is -0.756. The van der Waals surface area contributed by atoms with Crippen molar-refractivity contribution in [2.75, 3.05) is 28.4 Å². The van der Waals surface area contributed by atoms with Crippen molar-refractivity contribution in [3.63, 3.8) is 0 Å². The van der Waals surface area contributed by atoms with Crippen molar-refractivity contribution < 1.29 is 19.1 Å². The van der Waals surface area contributed by atoms with Gasteiger partial charge >= 0.3 is 18.2 Å². The Kier molecular flexibility index (Phi) is 8.82. The molecular formula is C29H22Cl2N6O4S. The second kappa shape index (κ2) is 12.9. The topological polar surface area (TPSA) is 126 Å². The lowest BCUT2D eigenvalue weighted by Crippen LogP contribution is -2.23. The van der Waals surface area contributed by atoms with Gasteiger partial charge in [-0.3, -0.25) is 5.32 Å². The number of hydrogen-bond acceptors (Lipinski definition) is 6. The highest BCUT2D eigenvalue weighted by Crippen LogP contribution is 2.32. The standard InChI is InChI=1S/C29H22Cl2N6O4S/c1-41-29(40)36-26-35-24-16-21(12-14-25(24)37(26)28(39)34-17-5-3-2-4-6-17)42-20-10-7-18(8-11-20)32-27(38)33-19-9-13-22(30)23(31)15-19/h2-16H,1H3,(H,34,39)(H2,32,33,38)(H,35,36,40). The zero-order chi connectivity index (χ0) is 29.6. The number of halogens is 2. The first kappa shape index (κ1) is 28.8. The molecule has 1 heterocycles. The van der Waals surface area contributed by atoms with Gasteiger partial charge in [0.05, 0.1) is 28.2 Å². The van der Waals surface area contributed by atoms with E-state index in [1.54, 1.807) is 60.7 Å². The summed E-state index contributed by atoms with van der Waals surface area (Å²) in [7, 11) is 1.23. The first-order valence-corrected chi connectivity index (χ1v) is 13.9. The summed E-state index contributed by atoms with van der Waals surface area (Å²) >= 11 is 13.4. The summed E-state index contributed by atoms with van der Waals surface area (Å²) in [5, 5.41) is 11.5. The molecule has 4 N–H and O–H groups in total. The van der Waals surface area contributed by atoms with E-state index in [0.717, 1.165) is 9.79 Å². The fourth-order valence-corrected chi connectivity index (χ4v) is 5.01. The SMILES string of the molecule is COC(=O)Nc1nc2cc(Sc3ccc(NC(=O)Nc4ccc(Cl)c(Cl)c4)cc3)ccc2n1C(=O)Nc1ccccc1. The predicted molar refractivity (Wildman–Crippen MR) is 166 cm³/mol. The highest BCUT2D eigenvalue weighted by Gasteiger charge is 2.20. The van der Waals surface area contributed by atoms with Gasteiger partial charge < -0.3 is 20.7 Å². The molecule has 4 amide bonds. The number of imidazole rings is 1. The lowest BCUT2D eigenvalue weighted by atomic mass is 10.3. The van der Waals surface area contributed by atoms with E-state index < -0.39 is 18.2 Å². The quantitative estimate of drug-likeness (QED) is 0.151. The summed E-state index contributed by atoms with van der Waals surface area (Å²) < 4.78 is 5.97. The van der Waals surface area contributed by atoms with E-state index in [1.165, 1.54) is 23.4 Å². The molecule has 0 radical (unpaired) electrons. The van der Waals surface area contributed by atoms with Crippen LogP contribution in [0.15, 0.2) is 101 Å². The van der Waals surface area contributed by atoms with Crippen LogP contribution in [0.1, 0.15) is 0 Å². The third kappa shape index (κ3) is 6.95. The van der Waals surface area contributed by atoms with E-state index in [4.69, 9.17) is 27.9 Å². The van der Waals surface area contributed by atoms with Gasteiger partial charge in [-0.05, 0) is 72.8 Å². The van der Waals surface area contributed by atoms with Gasteiger partial charge in [0.1, 0.15) is 0 Å². The molecule has 0 aliphatic carbocycles. The van der Waals surface area contributed by atoms with Gasteiger partial charge in [0.2, 0.25) is 5.95 Å². The maximum atomic E-state index is 13.2. The van der Waals surface area contributed by atoms with E-state index in [9.17, 15) is 14.4 Å². The van der Waals surface area contributed by atoms with Crippen molar-refractivity contribution in [1.82, 2.24) is 9.55 Å². The van der Waals surface area contributed by atoms with Gasteiger partial charge in [-0.2, -0.15) is 0 Å². The molecule has 0 spiro atoms. The number of amides is 4. The molecule has 212 valence electrons. The monoisotopic (exact) mass is 620 g/mol. The number of aromatic nitrogens is 2. The molecule has 13 heteroatoms. The third-order valence-electron chi connectivity index (χ3n) is 5.78. The molecule has 0 saturated heterocycles. The number of fused-ring (bicyclic) bond motifs is 1. The molecule has 4 aromatic carbocycles. The number of carbonyl (C=O) groups is 3. The Labute approximate surface area is 254 Å². The van der Waals surface area contributed by atoms with Gasteiger partial charge in [0, 0.05) is 26.9 Å². The second-order valence-corrected chi connectivity index (χ2v) is 10.6. The lowest BCUT2D eigenvalue weighted by molar-refractivity contribution is 0.186. The fraction of sp³-hybridized carbons (Fsp3) is 0.0345. The van der Waals surface area contributed by atoms with Crippen molar-refractivity contribution in [2.24, 2.45) is 0 Å². The number of hydrogen-bond donors (Lipinski definition) is 4. The normalized spacial score (nSPS) is 10.6. The van der Waals surface area contributed by atoms with Crippen molar-refractivity contribution >= 4 is 87.2 Å². The number of methoxy groups -OCH3 is 1. The first-order chi connectivity index (χ1) is 20.3. The molecule has 5 rings (SSSR count). The Morgan fingerprint density at radius 2 is 1.40 bits per heavy atom. The number of urea groups is 1. The number of nitrogens with one attached hydrogen (secondary N) is 4. The van der Waals surface area contributed by atoms with Crippen LogP contribution in [0.25, 0.3) is 11.0 Å². The molecule has 0 aliphatic rings. The van der Waals surface area contributed by atoms with Crippen molar-refractivity contribution in [3.05, 3.63) is 101 Å². The Morgan fingerprint density at radius 1 is 0.738 bits per heavy atom. The minimum Gasteiger partial charge on any atom is -0.453 e. The predicted octanol–water partition coefficient (Wildman–Crippen LogP) is 8.40. The smallest absolute Gasteiger partial charge is 0.413 e. The van der Waals surface area contributed by atoms with Crippen LogP contribution < -0.4 is 21.3 Å². The summed E-state index contributed by atoms with van der Waals surface area (Å²) in [6.45, 7) is 0. The summed E-state index contributed by atoms with van der Waals surface area (Å²) in [5.74, 6) is 0.0157. The zero-order valence-corrected chi connectivity index (χ0v) is 24.2. The molecule has 1 aromatic heterocycles. The molecule has 0 atom stereocenters. The molecule has 0 unspecified atom stereocenters. The van der Waals surface area contributed by atoms with Gasteiger partial charge in [-0.25, -0.2) is 23.9 Å². The minimum absolute atomic E-state index is 0.0157. The van der Waals surface area contributed by atoms with Gasteiger partial charge in [0.25, 0.3) is 0 Å². The Bertz CT molecular complexity index is 1780. The number of carbonyl (C=O) groups excluding carboxylic acids is 3. The van der Waals surface area contributed by atoms with E-state index in [-0.39, 0.29) is 5.95 Å². The summed E-state index contributed by atoms with van der Waals surface area (Å²) in [6, 6.07) is 25.5. The molecule has 0 aliphatic heterocycles. The Morgan fingerprint density at radius 3 is 2.12 bits per heavy atom. The molecule has 0 saturated carbocycles. The molecule has 5 aromatic rings. The number of nitrogens with zero attached hydrogens (tertiary/aromatic N) is 2. The van der Waals surface area contributed by atoms with Crippen LogP contribution in [0, 0.1) is 0 Å². The van der Waals surface area contributed by atoms with Crippen LogP contribution in [-0.4, -0.2) is 34.8 Å². The van der Waals surface area contributed by atoms with E-state index in [2.05, 4.69) is 26.3 Å². The van der Waals surface area contributed by atoms with Crippen LogP contribution in [0.5, 0.6) is 0 Å². The van der Waals surface area contributed by atoms with E-state index >= 15 is 0 Å². The number of anilines is 4. The van der Waals surface area contributed by atoms with Crippen LogP contribution in [-0.2, 0) is 4.74 Å². The average molecular weight is 622 g/mol. The van der Waals surface area contributed by atoms with Crippen molar-refractivity contribution in [3.8, 4) is 0 Å². The van der Waals surface area contributed by atoms with Crippen LogP contribution in [0.2, 0.25) is 10.0 Å². The van der Waals surface area contributed by atoms with Crippen LogP contribution >= 0.6 is 35.0 Å². The van der Waals surface area contributed by atoms with E-state index in [0.29, 0.717) is 38.1 Å². The van der Waals surface area contributed by atoms with Crippen molar-refractivity contribution in [2.45, 2.75) is 9.79 Å². The number of benzene rings is 4. The minimum atomic E-state index is -0.756. The number of ether oxygens (including phenoxy) is 1. The number of para-hydroxylation sites is 1. The molecule has 42 heavy (non-hydrogen) atoms. The van der Waals surface area contributed by atoms with Gasteiger partial charge in [0.15, 0.2) is 0 Å². The average Bonchev–Trinajstić information content (AvgIpc) is 3.33. The third-order valence-corrected chi connectivity index (χ3v) is 7.52. The molecule has 0 bridgehead atoms. The number of rotatable bonds is 6. The Balaban J connectivity index is 1.30. The zero-order valence-electron chi connectivity index (χ0n) is 21.9. The first-order valence-electron chi connectivity index (χ1n) is 12.3. The fourth-order valence-electron chi connectivity index (χ4n) is 3.87. The maximum Gasteiger partial charge on any atom is 0.413 e. The lowest BCUT2D eigenvalue weighted by Gasteiger charge is -2.10. The summed E-state index contributed by atoms with van der Waals surface area (Å²) in [5.41, 5.74) is 2.67. The molecular weight excluding hydrogens is 599 g/mol. The highest BCUT2D eigenvalue weighted by atomic mass is 35.5. The Hall–Kier alpha value is -4.71. The molecule has 0 fully saturated rings. The van der Waals surface area contributed by atoms with Crippen LogP contribution in [0.3, 0.4) is 0 Å². The van der Waals surface area contributed by atoms with Crippen LogP contribution in [0.4, 0.5) is 37.4 Å². The van der Waals surface area contributed by atoms with Gasteiger partial charge in [-0.15, -0.1) is 0 Å². The summed E-state index contributed by atoms with van der Waals surface area (Å²) in [4.78, 5) is 43.7. The van der Waals surface area contributed by atoms with Crippen molar-refractivity contribution in [1.29, 1.82) is 0 Å². The van der Waals surface area contributed by atoms with E-state index in [1.807, 2.05) is 30.3 Å². The van der Waals surface area contributed by atoms with Gasteiger partial charge in [-0.1, -0.05) is 53.2 Å². The highest BCUT2D eigenvalue weighted by molar-refractivity contribution is 7.99.